The van der Waals surface area contributed by atoms with Crippen molar-refractivity contribution in [2.75, 3.05) is 7.11 Å². The van der Waals surface area contributed by atoms with Gasteiger partial charge in [0.1, 0.15) is 6.10 Å². The van der Waals surface area contributed by atoms with Crippen molar-refractivity contribution in [3.63, 3.8) is 0 Å². The summed E-state index contributed by atoms with van der Waals surface area (Å²) in [4.78, 5) is 16.9. The summed E-state index contributed by atoms with van der Waals surface area (Å²) in [6.45, 7) is 0. The molecule has 0 amide bonds. The van der Waals surface area contributed by atoms with E-state index >= 15 is 0 Å². The third kappa shape index (κ3) is 3.07. The molecule has 138 valence electrons. The molecule has 0 radical (unpaired) electrons. The molecule has 0 saturated carbocycles. The Labute approximate surface area is 149 Å². The molecule has 1 aliphatic carbocycles. The second-order valence-electron chi connectivity index (χ2n) is 6.08. The first-order chi connectivity index (χ1) is 12.4. The molecule has 0 spiro atoms. The first-order valence-corrected chi connectivity index (χ1v) is 8.22. The van der Waals surface area contributed by atoms with Crippen molar-refractivity contribution in [3.05, 3.63) is 65.5 Å². The van der Waals surface area contributed by atoms with E-state index in [9.17, 15) is 18.0 Å². The van der Waals surface area contributed by atoms with Crippen LogP contribution in [0.5, 0.6) is 0 Å². The number of carbonyl (C=O) groups excluding carboxylic acids is 1. The van der Waals surface area contributed by atoms with Gasteiger partial charge in [-0.3, -0.25) is 4.98 Å². The van der Waals surface area contributed by atoms with Crippen LogP contribution in [-0.2, 0) is 26.3 Å². The van der Waals surface area contributed by atoms with E-state index in [0.717, 1.165) is 19.1 Å². The summed E-state index contributed by atoms with van der Waals surface area (Å²) in [6.07, 6.45) is -2.40. The van der Waals surface area contributed by atoms with Crippen LogP contribution in [0.25, 0.3) is 0 Å². The monoisotopic (exact) mass is 365 g/mol. The average Bonchev–Trinajstić information content (AvgIpc) is 2.63. The third-order valence-corrected chi connectivity index (χ3v) is 4.57. The number of ether oxygens (including phenoxy) is 2. The average molecular weight is 365 g/mol. The van der Waals surface area contributed by atoms with Gasteiger partial charge in [0.15, 0.2) is 0 Å². The van der Waals surface area contributed by atoms with Crippen LogP contribution in [0.2, 0.25) is 0 Å². The second kappa shape index (κ2) is 7.07. The van der Waals surface area contributed by atoms with Crippen LogP contribution in [0.4, 0.5) is 13.2 Å². The van der Waals surface area contributed by atoms with Crippen LogP contribution < -0.4 is 0 Å². The maximum Gasteiger partial charge on any atom is 0.432 e. The van der Waals surface area contributed by atoms with Crippen molar-refractivity contribution < 1.29 is 27.4 Å². The van der Waals surface area contributed by atoms with Crippen LogP contribution in [0.15, 0.2) is 48.7 Å². The Morgan fingerprint density at radius 3 is 2.54 bits per heavy atom. The molecular formula is C19H18F3NO3. The van der Waals surface area contributed by atoms with Gasteiger partial charge in [0.2, 0.25) is 0 Å². The van der Waals surface area contributed by atoms with E-state index in [1.807, 2.05) is 6.07 Å². The van der Waals surface area contributed by atoms with E-state index < -0.39 is 23.9 Å². The number of alkyl halides is 3. The summed E-state index contributed by atoms with van der Waals surface area (Å²) in [5.41, 5.74) is -2.11. The summed E-state index contributed by atoms with van der Waals surface area (Å²) < 4.78 is 51.8. The lowest BCUT2D eigenvalue weighted by atomic mass is 9.91. The summed E-state index contributed by atoms with van der Waals surface area (Å²) in [6, 6.07) is 10.4. The van der Waals surface area contributed by atoms with Gasteiger partial charge in [-0.15, -0.1) is 0 Å². The Bertz CT molecular complexity index is 779. The highest BCUT2D eigenvalue weighted by Crippen LogP contribution is 2.44. The molecule has 26 heavy (non-hydrogen) atoms. The number of carbonyl (C=O) groups is 1. The van der Waals surface area contributed by atoms with Crippen LogP contribution in [-0.4, -0.2) is 24.2 Å². The lowest BCUT2D eigenvalue weighted by molar-refractivity contribution is -0.278. The third-order valence-electron chi connectivity index (χ3n) is 4.57. The van der Waals surface area contributed by atoms with E-state index in [1.54, 1.807) is 12.1 Å². The molecule has 1 aromatic heterocycles. The highest BCUT2D eigenvalue weighted by Gasteiger charge is 2.64. The Kier molecular flexibility index (Phi) is 5.00. The topological polar surface area (TPSA) is 48.4 Å². The molecule has 0 fully saturated rings. The zero-order valence-electron chi connectivity index (χ0n) is 14.1. The Balaban J connectivity index is 1.98. The van der Waals surface area contributed by atoms with Gasteiger partial charge in [0.25, 0.3) is 5.60 Å². The fourth-order valence-corrected chi connectivity index (χ4v) is 3.28. The SMILES string of the molecule is CO[C@](C(=O)O[C@H]1CCCc2cccnc21)(c1ccccc1)C(F)(F)F. The quantitative estimate of drug-likeness (QED) is 0.765. The zero-order valence-corrected chi connectivity index (χ0v) is 14.1. The van der Waals surface area contributed by atoms with E-state index in [2.05, 4.69) is 4.98 Å². The zero-order chi connectivity index (χ0) is 18.8. The number of esters is 1. The van der Waals surface area contributed by atoms with Crippen LogP contribution in [0, 0.1) is 0 Å². The summed E-state index contributed by atoms with van der Waals surface area (Å²) >= 11 is 0. The van der Waals surface area contributed by atoms with E-state index in [0.29, 0.717) is 18.5 Å². The molecule has 2 aromatic rings. The number of halogens is 3. The Morgan fingerprint density at radius 2 is 1.88 bits per heavy atom. The molecule has 0 aliphatic heterocycles. The number of methoxy groups -OCH3 is 1. The van der Waals surface area contributed by atoms with Gasteiger partial charge in [-0.25, -0.2) is 4.79 Å². The van der Waals surface area contributed by atoms with Crippen LogP contribution >= 0.6 is 0 Å². The van der Waals surface area contributed by atoms with Gasteiger partial charge in [0, 0.05) is 18.9 Å². The molecule has 0 N–H and O–H groups in total. The van der Waals surface area contributed by atoms with Gasteiger partial charge >= 0.3 is 12.1 Å². The molecule has 3 rings (SSSR count). The van der Waals surface area contributed by atoms with Crippen molar-refractivity contribution in [2.24, 2.45) is 0 Å². The summed E-state index contributed by atoms with van der Waals surface area (Å²) in [5, 5.41) is 0. The number of fused-ring (bicyclic) bond motifs is 1. The minimum atomic E-state index is -4.98. The largest absolute Gasteiger partial charge is 0.453 e. The number of hydrogen-bond donors (Lipinski definition) is 0. The Hall–Kier alpha value is -2.41. The fourth-order valence-electron chi connectivity index (χ4n) is 3.28. The summed E-state index contributed by atoms with van der Waals surface area (Å²) in [5.74, 6) is -1.48. The highest BCUT2D eigenvalue weighted by molar-refractivity contribution is 5.83. The van der Waals surface area contributed by atoms with Crippen molar-refractivity contribution in [3.8, 4) is 0 Å². The maximum atomic E-state index is 13.9. The minimum absolute atomic E-state index is 0.322. The number of rotatable bonds is 4. The molecule has 0 unspecified atom stereocenters. The normalized spacial score (nSPS) is 19.3. The van der Waals surface area contributed by atoms with Gasteiger partial charge in [-0.2, -0.15) is 13.2 Å². The number of aromatic nitrogens is 1. The molecule has 0 saturated heterocycles. The number of aryl methyl sites for hydroxylation is 1. The summed E-state index contributed by atoms with van der Waals surface area (Å²) in [7, 11) is 0.856. The maximum absolute atomic E-state index is 13.9. The molecule has 2 atom stereocenters. The minimum Gasteiger partial charge on any atom is -0.453 e. The molecule has 1 heterocycles. The molecule has 4 nitrogen and oxygen atoms in total. The number of nitrogens with zero attached hydrogens (tertiary/aromatic N) is 1. The second-order valence-corrected chi connectivity index (χ2v) is 6.08. The van der Waals surface area contributed by atoms with Gasteiger partial charge < -0.3 is 9.47 Å². The van der Waals surface area contributed by atoms with Crippen molar-refractivity contribution >= 4 is 5.97 Å². The van der Waals surface area contributed by atoms with Crippen LogP contribution in [0.1, 0.15) is 35.8 Å². The van der Waals surface area contributed by atoms with E-state index in [1.165, 1.54) is 30.5 Å². The smallest absolute Gasteiger partial charge is 0.432 e. The lowest BCUT2D eigenvalue weighted by Gasteiger charge is -2.34. The van der Waals surface area contributed by atoms with E-state index in [-0.39, 0.29) is 5.56 Å². The predicted octanol–water partition coefficient (Wildman–Crippen LogP) is 4.11. The molecule has 1 aliphatic rings. The van der Waals surface area contributed by atoms with Crippen molar-refractivity contribution in [1.29, 1.82) is 0 Å². The van der Waals surface area contributed by atoms with Crippen molar-refractivity contribution in [1.82, 2.24) is 4.98 Å². The van der Waals surface area contributed by atoms with Gasteiger partial charge in [-0.05, 0) is 30.9 Å². The van der Waals surface area contributed by atoms with Crippen LogP contribution in [0.3, 0.4) is 0 Å². The van der Waals surface area contributed by atoms with Gasteiger partial charge in [-0.1, -0.05) is 36.4 Å². The Morgan fingerprint density at radius 1 is 1.15 bits per heavy atom. The predicted molar refractivity (Wildman–Crippen MR) is 87.2 cm³/mol. The highest BCUT2D eigenvalue weighted by atomic mass is 19.4. The van der Waals surface area contributed by atoms with E-state index in [4.69, 9.17) is 9.47 Å². The van der Waals surface area contributed by atoms with Crippen molar-refractivity contribution in [2.45, 2.75) is 37.1 Å². The number of pyridine rings is 1. The standard InChI is InChI=1S/C19H18F3NO3/c1-25-18(19(20,21)22,14-9-3-2-4-10-14)17(24)26-15-11-5-7-13-8-6-12-23-16(13)15/h2-4,6,8-10,12,15H,5,7,11H2,1H3/t15-,18-/m0/s1. The fraction of sp³-hybridized carbons (Fsp3) is 0.368. The number of benzene rings is 1. The lowest BCUT2D eigenvalue weighted by Crippen LogP contribution is -2.52. The molecule has 7 heteroatoms. The van der Waals surface area contributed by atoms with Gasteiger partial charge in [0.05, 0.1) is 5.69 Å². The molecule has 1 aromatic carbocycles. The number of hydrogen-bond acceptors (Lipinski definition) is 4. The first kappa shape index (κ1) is 18.4. The first-order valence-electron chi connectivity index (χ1n) is 8.22. The molecular weight excluding hydrogens is 347 g/mol. The molecule has 0 bridgehead atoms.